The van der Waals surface area contributed by atoms with Gasteiger partial charge in [-0.15, -0.1) is 0 Å². The number of rotatable bonds is 6. The van der Waals surface area contributed by atoms with Crippen LogP contribution >= 0.6 is 0 Å². The summed E-state index contributed by atoms with van der Waals surface area (Å²) >= 11 is 0. The van der Waals surface area contributed by atoms with Crippen molar-refractivity contribution in [3.63, 3.8) is 0 Å². The molecule has 4 nitrogen and oxygen atoms in total. The summed E-state index contributed by atoms with van der Waals surface area (Å²) in [4.78, 5) is 0. The summed E-state index contributed by atoms with van der Waals surface area (Å²) in [6, 6.07) is 9.95. The Hall–Kier alpha value is -1.81. The van der Waals surface area contributed by atoms with E-state index in [-0.39, 0.29) is 0 Å². The standard InChI is InChI=1S/C14H18N2O2/c1-2-6-12-13(11-7-4-3-5-8-11)18-16-14(12)17-10-9-15/h3-5,7-8H,2,6,9-10,15H2,1H3. The first kappa shape index (κ1) is 12.6. The molecule has 0 amide bonds. The predicted octanol–water partition coefficient (Wildman–Crippen LogP) is 2.63. The van der Waals surface area contributed by atoms with E-state index in [9.17, 15) is 0 Å². The highest BCUT2D eigenvalue weighted by atomic mass is 16.5. The molecule has 0 aliphatic heterocycles. The second-order valence-electron chi connectivity index (χ2n) is 4.05. The van der Waals surface area contributed by atoms with Crippen molar-refractivity contribution in [2.75, 3.05) is 13.2 Å². The van der Waals surface area contributed by atoms with E-state index < -0.39 is 0 Å². The van der Waals surface area contributed by atoms with Crippen LogP contribution in [0, 0.1) is 0 Å². The smallest absolute Gasteiger partial charge is 0.258 e. The molecule has 0 saturated heterocycles. The zero-order valence-electron chi connectivity index (χ0n) is 10.6. The van der Waals surface area contributed by atoms with Gasteiger partial charge in [0.15, 0.2) is 5.76 Å². The van der Waals surface area contributed by atoms with Gasteiger partial charge in [-0.25, -0.2) is 0 Å². The highest BCUT2D eigenvalue weighted by Crippen LogP contribution is 2.31. The Balaban J connectivity index is 2.32. The van der Waals surface area contributed by atoms with Crippen LogP contribution in [0.5, 0.6) is 5.88 Å². The summed E-state index contributed by atoms with van der Waals surface area (Å²) in [5.41, 5.74) is 7.48. The lowest BCUT2D eigenvalue weighted by Crippen LogP contribution is -2.11. The van der Waals surface area contributed by atoms with E-state index in [1.54, 1.807) is 0 Å². The minimum absolute atomic E-state index is 0.456. The maximum absolute atomic E-state index is 5.51. The van der Waals surface area contributed by atoms with Crippen molar-refractivity contribution < 1.29 is 9.26 Å². The molecule has 2 N–H and O–H groups in total. The van der Waals surface area contributed by atoms with Crippen LogP contribution in [0.1, 0.15) is 18.9 Å². The largest absolute Gasteiger partial charge is 0.474 e. The first-order chi connectivity index (χ1) is 8.86. The van der Waals surface area contributed by atoms with Crippen molar-refractivity contribution in [1.82, 2.24) is 5.16 Å². The highest BCUT2D eigenvalue weighted by Gasteiger charge is 2.17. The van der Waals surface area contributed by atoms with Crippen molar-refractivity contribution >= 4 is 0 Å². The second-order valence-corrected chi connectivity index (χ2v) is 4.05. The van der Waals surface area contributed by atoms with Gasteiger partial charge >= 0.3 is 0 Å². The van der Waals surface area contributed by atoms with Crippen molar-refractivity contribution in [2.45, 2.75) is 19.8 Å². The summed E-state index contributed by atoms with van der Waals surface area (Å²) in [6.07, 6.45) is 1.90. The van der Waals surface area contributed by atoms with Gasteiger partial charge in [-0.05, 0) is 11.6 Å². The van der Waals surface area contributed by atoms with Crippen LogP contribution in [-0.2, 0) is 6.42 Å². The summed E-state index contributed by atoms with van der Waals surface area (Å²) in [6.45, 7) is 3.05. The third kappa shape index (κ3) is 2.71. The lowest BCUT2D eigenvalue weighted by molar-refractivity contribution is 0.287. The molecule has 0 radical (unpaired) electrons. The van der Waals surface area contributed by atoms with Gasteiger partial charge in [-0.3, -0.25) is 0 Å². The zero-order chi connectivity index (χ0) is 12.8. The molecule has 0 unspecified atom stereocenters. The Morgan fingerprint density at radius 1 is 1.28 bits per heavy atom. The normalized spacial score (nSPS) is 10.6. The van der Waals surface area contributed by atoms with Gasteiger partial charge in [0.25, 0.3) is 5.88 Å². The SMILES string of the molecule is CCCc1c(OCCN)noc1-c1ccccc1. The summed E-state index contributed by atoms with van der Waals surface area (Å²) < 4.78 is 10.9. The van der Waals surface area contributed by atoms with Crippen LogP contribution in [0.4, 0.5) is 0 Å². The molecule has 1 heterocycles. The van der Waals surface area contributed by atoms with Crippen LogP contribution in [0.3, 0.4) is 0 Å². The molecule has 2 rings (SSSR count). The second kappa shape index (κ2) is 6.21. The van der Waals surface area contributed by atoms with Gasteiger partial charge in [0, 0.05) is 12.1 Å². The van der Waals surface area contributed by atoms with Crippen LogP contribution in [0.25, 0.3) is 11.3 Å². The zero-order valence-corrected chi connectivity index (χ0v) is 10.6. The third-order valence-electron chi connectivity index (χ3n) is 2.64. The molecule has 0 saturated carbocycles. The summed E-state index contributed by atoms with van der Waals surface area (Å²) in [5.74, 6) is 1.37. The molecule has 0 aliphatic carbocycles. The Bertz CT molecular complexity index is 480. The molecule has 2 aromatic rings. The van der Waals surface area contributed by atoms with E-state index in [2.05, 4.69) is 12.1 Å². The highest BCUT2D eigenvalue weighted by molar-refractivity contribution is 5.63. The molecule has 96 valence electrons. The van der Waals surface area contributed by atoms with Crippen LogP contribution in [0.2, 0.25) is 0 Å². The molecule has 0 spiro atoms. The number of ether oxygens (including phenoxy) is 1. The average molecular weight is 246 g/mol. The predicted molar refractivity (Wildman–Crippen MR) is 70.5 cm³/mol. The first-order valence-corrected chi connectivity index (χ1v) is 6.23. The molecule has 0 aliphatic rings. The van der Waals surface area contributed by atoms with E-state index in [0.29, 0.717) is 19.0 Å². The van der Waals surface area contributed by atoms with Crippen molar-refractivity contribution in [3.05, 3.63) is 35.9 Å². The Morgan fingerprint density at radius 2 is 2.06 bits per heavy atom. The van der Waals surface area contributed by atoms with Gasteiger partial charge in [-0.2, -0.15) is 0 Å². The number of benzene rings is 1. The molecule has 1 aromatic carbocycles. The molecule has 0 fully saturated rings. The van der Waals surface area contributed by atoms with Gasteiger partial charge < -0.3 is 15.0 Å². The third-order valence-corrected chi connectivity index (χ3v) is 2.64. The van der Waals surface area contributed by atoms with Crippen molar-refractivity contribution in [1.29, 1.82) is 0 Å². The Morgan fingerprint density at radius 3 is 2.72 bits per heavy atom. The van der Waals surface area contributed by atoms with Gasteiger partial charge in [0.05, 0.1) is 5.56 Å². The molecule has 0 atom stereocenters. The van der Waals surface area contributed by atoms with E-state index >= 15 is 0 Å². The molecular weight excluding hydrogens is 228 g/mol. The van der Waals surface area contributed by atoms with E-state index in [1.165, 1.54) is 0 Å². The lowest BCUT2D eigenvalue weighted by atomic mass is 10.1. The lowest BCUT2D eigenvalue weighted by Gasteiger charge is -2.03. The van der Waals surface area contributed by atoms with Crippen LogP contribution in [-0.4, -0.2) is 18.3 Å². The fraction of sp³-hybridized carbons (Fsp3) is 0.357. The van der Waals surface area contributed by atoms with Crippen LogP contribution < -0.4 is 10.5 Å². The fourth-order valence-corrected chi connectivity index (χ4v) is 1.85. The minimum atomic E-state index is 0.456. The first-order valence-electron chi connectivity index (χ1n) is 6.23. The maximum atomic E-state index is 5.51. The number of hydrogen-bond acceptors (Lipinski definition) is 4. The molecule has 0 bridgehead atoms. The monoisotopic (exact) mass is 246 g/mol. The Kier molecular flexibility index (Phi) is 4.36. The number of hydrogen-bond donors (Lipinski definition) is 1. The van der Waals surface area contributed by atoms with E-state index in [4.69, 9.17) is 15.0 Å². The number of aromatic nitrogens is 1. The molecule has 1 aromatic heterocycles. The van der Waals surface area contributed by atoms with Gasteiger partial charge in [-0.1, -0.05) is 43.7 Å². The number of nitrogens with two attached hydrogens (primary N) is 1. The van der Waals surface area contributed by atoms with Crippen LogP contribution in [0.15, 0.2) is 34.9 Å². The minimum Gasteiger partial charge on any atom is -0.474 e. The molecular formula is C14H18N2O2. The van der Waals surface area contributed by atoms with Crippen molar-refractivity contribution in [2.24, 2.45) is 5.73 Å². The fourth-order valence-electron chi connectivity index (χ4n) is 1.85. The van der Waals surface area contributed by atoms with Gasteiger partial charge in [0.2, 0.25) is 0 Å². The quantitative estimate of drug-likeness (QED) is 0.851. The molecule has 4 heteroatoms. The summed E-state index contributed by atoms with van der Waals surface area (Å²) in [5, 5.41) is 4.00. The average Bonchev–Trinajstić information content (AvgIpc) is 2.81. The molecule has 18 heavy (non-hydrogen) atoms. The van der Waals surface area contributed by atoms with E-state index in [0.717, 1.165) is 29.7 Å². The topological polar surface area (TPSA) is 61.3 Å². The maximum Gasteiger partial charge on any atom is 0.258 e. The van der Waals surface area contributed by atoms with Crippen molar-refractivity contribution in [3.8, 4) is 17.2 Å². The summed E-state index contributed by atoms with van der Waals surface area (Å²) in [7, 11) is 0. The van der Waals surface area contributed by atoms with E-state index in [1.807, 2.05) is 30.3 Å². The Labute approximate surface area is 107 Å². The number of nitrogens with zero attached hydrogens (tertiary/aromatic N) is 1. The van der Waals surface area contributed by atoms with Gasteiger partial charge in [0.1, 0.15) is 6.61 Å².